The second-order valence-electron chi connectivity index (χ2n) is 7.53. The lowest BCUT2D eigenvalue weighted by Gasteiger charge is -2.32. The van der Waals surface area contributed by atoms with Gasteiger partial charge in [0.2, 0.25) is 5.89 Å². The fraction of sp³-hybridized carbons (Fsp3) is 0.765. The minimum Gasteiger partial charge on any atom is -0.481 e. The van der Waals surface area contributed by atoms with Crippen LogP contribution in [0.4, 0.5) is 4.79 Å². The summed E-state index contributed by atoms with van der Waals surface area (Å²) in [6, 6.07) is 0. The van der Waals surface area contributed by atoms with E-state index in [1.165, 1.54) is 0 Å². The SMILES string of the molecule is CC(C)(C)OC(=O)NC1(c2noc(CCC(=O)O)n2)CCCCCC1. The van der Waals surface area contributed by atoms with Crippen LogP contribution in [0, 0.1) is 0 Å². The molecular weight excluding hydrogens is 326 g/mol. The number of ether oxygens (including phenoxy) is 1. The molecule has 0 aliphatic heterocycles. The molecule has 0 aromatic carbocycles. The topological polar surface area (TPSA) is 115 Å². The quantitative estimate of drug-likeness (QED) is 0.781. The fourth-order valence-corrected chi connectivity index (χ4v) is 3.00. The van der Waals surface area contributed by atoms with E-state index in [2.05, 4.69) is 15.5 Å². The van der Waals surface area contributed by atoms with Gasteiger partial charge in [-0.3, -0.25) is 4.79 Å². The highest BCUT2D eigenvalue weighted by molar-refractivity contribution is 5.69. The Bertz CT molecular complexity index is 598. The van der Waals surface area contributed by atoms with E-state index in [9.17, 15) is 9.59 Å². The van der Waals surface area contributed by atoms with Gasteiger partial charge in [-0.1, -0.05) is 30.8 Å². The minimum absolute atomic E-state index is 0.0753. The number of nitrogens with one attached hydrogen (secondary N) is 1. The molecule has 25 heavy (non-hydrogen) atoms. The van der Waals surface area contributed by atoms with Crippen LogP contribution in [0.25, 0.3) is 0 Å². The Balaban J connectivity index is 2.20. The van der Waals surface area contributed by atoms with Crippen molar-refractivity contribution in [3.63, 3.8) is 0 Å². The molecule has 0 radical (unpaired) electrons. The van der Waals surface area contributed by atoms with Crippen molar-refractivity contribution >= 4 is 12.1 Å². The van der Waals surface area contributed by atoms with Crippen LogP contribution in [0.1, 0.15) is 77.4 Å². The zero-order valence-electron chi connectivity index (χ0n) is 15.1. The molecule has 2 N–H and O–H groups in total. The molecule has 1 aliphatic rings. The van der Waals surface area contributed by atoms with E-state index in [4.69, 9.17) is 14.4 Å². The second-order valence-corrected chi connectivity index (χ2v) is 7.53. The summed E-state index contributed by atoms with van der Waals surface area (Å²) in [5.74, 6) is -0.247. The molecule has 8 heteroatoms. The Kier molecular flexibility index (Phi) is 6.02. The summed E-state index contributed by atoms with van der Waals surface area (Å²) in [7, 11) is 0. The summed E-state index contributed by atoms with van der Waals surface area (Å²) < 4.78 is 10.6. The lowest BCUT2D eigenvalue weighted by atomic mass is 9.89. The molecule has 140 valence electrons. The number of aromatic nitrogens is 2. The monoisotopic (exact) mass is 353 g/mol. The van der Waals surface area contributed by atoms with E-state index in [0.29, 0.717) is 18.7 Å². The van der Waals surface area contributed by atoms with Crippen LogP contribution >= 0.6 is 0 Å². The summed E-state index contributed by atoms with van der Waals surface area (Å²) in [4.78, 5) is 27.4. The summed E-state index contributed by atoms with van der Waals surface area (Å²) in [5.41, 5.74) is -1.33. The van der Waals surface area contributed by atoms with Gasteiger partial charge in [-0.05, 0) is 33.6 Å². The van der Waals surface area contributed by atoms with Gasteiger partial charge >= 0.3 is 12.1 Å². The molecule has 0 bridgehead atoms. The highest BCUT2D eigenvalue weighted by atomic mass is 16.6. The molecule has 1 saturated carbocycles. The maximum absolute atomic E-state index is 12.3. The van der Waals surface area contributed by atoms with Crippen LogP contribution in [0.3, 0.4) is 0 Å². The zero-order valence-corrected chi connectivity index (χ0v) is 15.1. The van der Waals surface area contributed by atoms with Crippen molar-refractivity contribution in [1.82, 2.24) is 15.5 Å². The van der Waals surface area contributed by atoms with Crippen molar-refractivity contribution in [2.45, 2.75) is 83.3 Å². The first kappa shape index (κ1) is 19.2. The number of amides is 1. The average Bonchev–Trinajstić information content (AvgIpc) is 2.84. The van der Waals surface area contributed by atoms with Crippen molar-refractivity contribution in [3.05, 3.63) is 11.7 Å². The molecule has 2 rings (SSSR count). The third-order valence-corrected chi connectivity index (χ3v) is 4.15. The number of alkyl carbamates (subject to hydrolysis) is 1. The molecule has 1 fully saturated rings. The van der Waals surface area contributed by atoms with E-state index >= 15 is 0 Å². The molecule has 0 spiro atoms. The standard InChI is InChI=1S/C17H27N3O5/c1-16(2,3)24-15(23)19-17(10-6-4-5-7-11-17)14-18-12(25-20-14)8-9-13(21)22/h4-11H2,1-3H3,(H,19,23)(H,21,22). The summed E-state index contributed by atoms with van der Waals surface area (Å²) in [6.07, 6.45) is 5.03. The minimum atomic E-state index is -0.921. The Morgan fingerprint density at radius 1 is 1.24 bits per heavy atom. The van der Waals surface area contributed by atoms with Gasteiger partial charge in [-0.2, -0.15) is 4.98 Å². The molecule has 8 nitrogen and oxygen atoms in total. The molecule has 1 aliphatic carbocycles. The van der Waals surface area contributed by atoms with Crippen molar-refractivity contribution in [3.8, 4) is 0 Å². The van der Waals surface area contributed by atoms with Gasteiger partial charge in [0.25, 0.3) is 0 Å². The van der Waals surface area contributed by atoms with Gasteiger partial charge in [-0.25, -0.2) is 4.79 Å². The number of carbonyl (C=O) groups excluding carboxylic acids is 1. The normalized spacial score (nSPS) is 17.6. The number of carbonyl (C=O) groups is 2. The average molecular weight is 353 g/mol. The van der Waals surface area contributed by atoms with E-state index in [-0.39, 0.29) is 18.7 Å². The highest BCUT2D eigenvalue weighted by Gasteiger charge is 2.40. The number of nitrogens with zero attached hydrogens (tertiary/aromatic N) is 2. The van der Waals surface area contributed by atoms with Crippen molar-refractivity contribution < 1.29 is 24.0 Å². The predicted octanol–water partition coefficient (Wildman–Crippen LogP) is 3.16. The number of rotatable bonds is 5. The first-order valence-electron chi connectivity index (χ1n) is 8.76. The van der Waals surface area contributed by atoms with Gasteiger partial charge in [0.05, 0.1) is 6.42 Å². The fourth-order valence-electron chi connectivity index (χ4n) is 3.00. The van der Waals surface area contributed by atoms with Gasteiger partial charge in [-0.15, -0.1) is 0 Å². The van der Waals surface area contributed by atoms with Crippen LogP contribution in [-0.2, 0) is 21.5 Å². The van der Waals surface area contributed by atoms with Crippen molar-refractivity contribution in [2.24, 2.45) is 0 Å². The van der Waals surface area contributed by atoms with E-state index in [1.54, 1.807) is 0 Å². The number of hydrogen-bond donors (Lipinski definition) is 2. The number of carboxylic acid groups (broad SMARTS) is 1. The molecule has 1 aromatic heterocycles. The first-order chi connectivity index (χ1) is 11.7. The van der Waals surface area contributed by atoms with Crippen molar-refractivity contribution in [1.29, 1.82) is 0 Å². The maximum Gasteiger partial charge on any atom is 0.408 e. The summed E-state index contributed by atoms with van der Waals surface area (Å²) in [5, 5.41) is 15.8. The number of aryl methyl sites for hydroxylation is 1. The van der Waals surface area contributed by atoms with Crippen LogP contribution < -0.4 is 5.32 Å². The molecule has 0 saturated heterocycles. The molecule has 0 atom stereocenters. The van der Waals surface area contributed by atoms with Gasteiger partial charge in [0.1, 0.15) is 11.1 Å². The van der Waals surface area contributed by atoms with Gasteiger partial charge in [0, 0.05) is 6.42 Å². The zero-order chi connectivity index (χ0) is 18.5. The van der Waals surface area contributed by atoms with E-state index in [1.807, 2.05) is 20.8 Å². The van der Waals surface area contributed by atoms with Crippen molar-refractivity contribution in [2.75, 3.05) is 0 Å². The molecule has 1 amide bonds. The number of carboxylic acids is 1. The first-order valence-corrected chi connectivity index (χ1v) is 8.76. The van der Waals surface area contributed by atoms with Gasteiger partial charge < -0.3 is 19.7 Å². The molecule has 1 aromatic rings. The Hall–Kier alpha value is -2.12. The van der Waals surface area contributed by atoms with Crippen LogP contribution in [0.5, 0.6) is 0 Å². The third-order valence-electron chi connectivity index (χ3n) is 4.15. The lowest BCUT2D eigenvalue weighted by molar-refractivity contribution is -0.137. The predicted molar refractivity (Wildman–Crippen MR) is 89.0 cm³/mol. The number of aliphatic carboxylic acids is 1. The smallest absolute Gasteiger partial charge is 0.408 e. The molecule has 1 heterocycles. The largest absolute Gasteiger partial charge is 0.481 e. The Morgan fingerprint density at radius 2 is 1.88 bits per heavy atom. The third kappa shape index (κ3) is 5.72. The molecule has 0 unspecified atom stereocenters. The Morgan fingerprint density at radius 3 is 2.44 bits per heavy atom. The van der Waals surface area contributed by atoms with Gasteiger partial charge in [0.15, 0.2) is 5.82 Å². The Labute approximate surface area is 147 Å². The summed E-state index contributed by atoms with van der Waals surface area (Å²) in [6.45, 7) is 5.43. The van der Waals surface area contributed by atoms with E-state index < -0.39 is 23.2 Å². The summed E-state index contributed by atoms with van der Waals surface area (Å²) >= 11 is 0. The number of hydrogen-bond acceptors (Lipinski definition) is 6. The highest BCUT2D eigenvalue weighted by Crippen LogP contribution is 2.35. The maximum atomic E-state index is 12.3. The molecular formula is C17H27N3O5. The van der Waals surface area contributed by atoms with Crippen LogP contribution in [0.2, 0.25) is 0 Å². The van der Waals surface area contributed by atoms with Crippen LogP contribution in [0.15, 0.2) is 4.52 Å². The lowest BCUT2D eigenvalue weighted by Crippen LogP contribution is -2.48. The second kappa shape index (κ2) is 7.84. The van der Waals surface area contributed by atoms with Crippen LogP contribution in [-0.4, -0.2) is 32.9 Å². The van der Waals surface area contributed by atoms with E-state index in [0.717, 1.165) is 25.7 Å².